The van der Waals surface area contributed by atoms with E-state index in [9.17, 15) is 22.0 Å². The zero-order valence-corrected chi connectivity index (χ0v) is 10.6. The molecular formula is C12H21F5O. The Bertz CT molecular complexity index is 215. The molecule has 0 saturated carbocycles. The number of halogens is 5. The van der Waals surface area contributed by atoms with Crippen LogP contribution in [0.1, 0.15) is 58.3 Å². The van der Waals surface area contributed by atoms with Gasteiger partial charge in [-0.25, -0.2) is 0 Å². The monoisotopic (exact) mass is 276 g/mol. The summed E-state index contributed by atoms with van der Waals surface area (Å²) in [5.74, 6) is -5.00. The number of rotatable bonds is 9. The number of alkyl halides is 5. The summed E-state index contributed by atoms with van der Waals surface area (Å²) in [4.78, 5) is 0. The summed E-state index contributed by atoms with van der Waals surface area (Å²) in [7, 11) is 0. The van der Waals surface area contributed by atoms with E-state index in [-0.39, 0.29) is 6.42 Å². The highest BCUT2D eigenvalue weighted by Crippen LogP contribution is 2.39. The molecule has 0 bridgehead atoms. The van der Waals surface area contributed by atoms with Gasteiger partial charge in [0.1, 0.15) is 6.10 Å². The van der Waals surface area contributed by atoms with E-state index >= 15 is 0 Å². The van der Waals surface area contributed by atoms with Crippen molar-refractivity contribution in [1.29, 1.82) is 0 Å². The van der Waals surface area contributed by atoms with Gasteiger partial charge in [-0.05, 0) is 6.42 Å². The van der Waals surface area contributed by atoms with Crippen LogP contribution in [0.15, 0.2) is 0 Å². The predicted octanol–water partition coefficient (Wildman–Crippen LogP) is 4.69. The molecule has 6 heteroatoms. The molecule has 1 nitrogen and oxygen atoms in total. The Hall–Kier alpha value is -0.390. The zero-order chi connectivity index (χ0) is 14.2. The van der Waals surface area contributed by atoms with Gasteiger partial charge in [0.25, 0.3) is 0 Å². The quantitative estimate of drug-likeness (QED) is 0.478. The van der Waals surface area contributed by atoms with Gasteiger partial charge >= 0.3 is 12.1 Å². The Morgan fingerprint density at radius 1 is 0.833 bits per heavy atom. The average molecular weight is 276 g/mol. The minimum absolute atomic E-state index is 0.193. The smallest absolute Gasteiger partial charge is 0.386 e. The molecule has 1 unspecified atom stereocenters. The van der Waals surface area contributed by atoms with Crippen LogP contribution in [0, 0.1) is 0 Å². The fourth-order valence-corrected chi connectivity index (χ4v) is 1.66. The van der Waals surface area contributed by atoms with Gasteiger partial charge in [-0.2, -0.15) is 22.0 Å². The maximum Gasteiger partial charge on any atom is 0.456 e. The van der Waals surface area contributed by atoms with Crippen LogP contribution in [0.25, 0.3) is 0 Å². The summed E-state index contributed by atoms with van der Waals surface area (Å²) in [5.41, 5.74) is 0. The van der Waals surface area contributed by atoms with Gasteiger partial charge in [0.05, 0.1) is 0 Å². The number of hydrogen-bond donors (Lipinski definition) is 1. The molecule has 0 heterocycles. The maximum absolute atomic E-state index is 12.6. The van der Waals surface area contributed by atoms with Crippen LogP contribution in [-0.4, -0.2) is 23.3 Å². The Balaban J connectivity index is 3.74. The van der Waals surface area contributed by atoms with Crippen molar-refractivity contribution >= 4 is 0 Å². The van der Waals surface area contributed by atoms with Crippen molar-refractivity contribution in [2.45, 2.75) is 76.5 Å². The normalized spacial score (nSPS) is 14.8. The van der Waals surface area contributed by atoms with Crippen molar-refractivity contribution in [2.24, 2.45) is 0 Å². The summed E-state index contributed by atoms with van der Waals surface area (Å²) in [6, 6.07) is 0. The van der Waals surface area contributed by atoms with Gasteiger partial charge in [-0.3, -0.25) is 0 Å². The first-order chi connectivity index (χ1) is 8.23. The molecule has 0 fully saturated rings. The van der Waals surface area contributed by atoms with E-state index in [4.69, 9.17) is 5.11 Å². The number of aliphatic hydroxyl groups is 1. The lowest BCUT2D eigenvalue weighted by atomic mass is 10.0. The lowest BCUT2D eigenvalue weighted by Crippen LogP contribution is -2.46. The van der Waals surface area contributed by atoms with Crippen molar-refractivity contribution in [3.8, 4) is 0 Å². The maximum atomic E-state index is 12.6. The van der Waals surface area contributed by atoms with Gasteiger partial charge in [-0.15, -0.1) is 0 Å². The van der Waals surface area contributed by atoms with Gasteiger partial charge in [0.2, 0.25) is 0 Å². The molecule has 0 aliphatic heterocycles. The van der Waals surface area contributed by atoms with Gasteiger partial charge < -0.3 is 5.11 Å². The van der Waals surface area contributed by atoms with Crippen LogP contribution in [0.3, 0.4) is 0 Å². The van der Waals surface area contributed by atoms with Crippen molar-refractivity contribution in [2.75, 3.05) is 0 Å². The van der Waals surface area contributed by atoms with Gasteiger partial charge in [0, 0.05) is 0 Å². The lowest BCUT2D eigenvalue weighted by Gasteiger charge is -2.24. The van der Waals surface area contributed by atoms with Crippen LogP contribution < -0.4 is 0 Å². The predicted molar refractivity (Wildman–Crippen MR) is 59.6 cm³/mol. The molecule has 18 heavy (non-hydrogen) atoms. The van der Waals surface area contributed by atoms with Crippen molar-refractivity contribution in [3.05, 3.63) is 0 Å². The average Bonchev–Trinajstić information content (AvgIpc) is 2.26. The molecule has 1 N–H and O–H groups in total. The van der Waals surface area contributed by atoms with E-state index < -0.39 is 24.6 Å². The minimum Gasteiger partial charge on any atom is -0.386 e. The van der Waals surface area contributed by atoms with Crippen LogP contribution in [0.4, 0.5) is 22.0 Å². The molecule has 0 saturated heterocycles. The number of aliphatic hydroxyl groups excluding tert-OH is 1. The van der Waals surface area contributed by atoms with E-state index in [1.54, 1.807) is 0 Å². The summed E-state index contributed by atoms with van der Waals surface area (Å²) in [6.07, 6.45) is -3.03. The first kappa shape index (κ1) is 17.6. The van der Waals surface area contributed by atoms with Crippen LogP contribution in [-0.2, 0) is 0 Å². The highest BCUT2D eigenvalue weighted by molar-refractivity contribution is 4.83. The molecule has 110 valence electrons. The third-order valence-electron chi connectivity index (χ3n) is 2.88. The number of hydrogen-bond acceptors (Lipinski definition) is 1. The van der Waals surface area contributed by atoms with E-state index in [0.717, 1.165) is 32.1 Å². The third kappa shape index (κ3) is 5.98. The summed E-state index contributed by atoms with van der Waals surface area (Å²) in [6.45, 7) is 2.07. The highest BCUT2D eigenvalue weighted by Gasteiger charge is 2.61. The van der Waals surface area contributed by atoms with Crippen LogP contribution in [0.2, 0.25) is 0 Å². The Kier molecular flexibility index (Phi) is 7.75. The zero-order valence-electron chi connectivity index (χ0n) is 10.6. The minimum atomic E-state index is -5.67. The van der Waals surface area contributed by atoms with Crippen LogP contribution in [0.5, 0.6) is 0 Å². The first-order valence-electron chi connectivity index (χ1n) is 6.36. The second-order valence-corrected chi connectivity index (χ2v) is 4.55. The Morgan fingerprint density at radius 2 is 1.28 bits per heavy atom. The molecule has 1 atom stereocenters. The largest absolute Gasteiger partial charge is 0.456 e. The van der Waals surface area contributed by atoms with Gasteiger partial charge in [-0.1, -0.05) is 51.9 Å². The fourth-order valence-electron chi connectivity index (χ4n) is 1.66. The molecule has 0 aliphatic carbocycles. The second-order valence-electron chi connectivity index (χ2n) is 4.55. The van der Waals surface area contributed by atoms with Crippen LogP contribution >= 0.6 is 0 Å². The molecule has 0 aromatic heterocycles. The van der Waals surface area contributed by atoms with E-state index in [1.165, 1.54) is 0 Å². The summed E-state index contributed by atoms with van der Waals surface area (Å²) in [5, 5.41) is 8.88. The summed E-state index contributed by atoms with van der Waals surface area (Å²) >= 11 is 0. The molecular weight excluding hydrogens is 255 g/mol. The van der Waals surface area contributed by atoms with Gasteiger partial charge in [0.15, 0.2) is 0 Å². The van der Waals surface area contributed by atoms with E-state index in [1.807, 2.05) is 0 Å². The van der Waals surface area contributed by atoms with Crippen molar-refractivity contribution < 1.29 is 27.1 Å². The molecule has 0 amide bonds. The molecule has 0 rings (SSSR count). The molecule has 0 radical (unpaired) electrons. The Labute approximate surface area is 104 Å². The standard InChI is InChI=1S/C12H21F5O/c1-2-3-4-5-6-7-8-9-10(18)11(13,14)12(15,16)17/h10,18H,2-9H2,1H3. The first-order valence-corrected chi connectivity index (χ1v) is 6.36. The number of unbranched alkanes of at least 4 members (excludes halogenated alkanes) is 6. The second kappa shape index (κ2) is 7.92. The molecule has 0 aromatic rings. The lowest BCUT2D eigenvalue weighted by molar-refractivity contribution is -0.313. The van der Waals surface area contributed by atoms with E-state index in [2.05, 4.69) is 6.92 Å². The third-order valence-corrected chi connectivity index (χ3v) is 2.88. The fraction of sp³-hybridized carbons (Fsp3) is 1.00. The topological polar surface area (TPSA) is 20.2 Å². The van der Waals surface area contributed by atoms with E-state index in [0.29, 0.717) is 6.42 Å². The molecule has 0 aliphatic rings. The molecule has 0 spiro atoms. The van der Waals surface area contributed by atoms with Crippen molar-refractivity contribution in [1.82, 2.24) is 0 Å². The highest BCUT2D eigenvalue weighted by atomic mass is 19.4. The van der Waals surface area contributed by atoms with Crippen molar-refractivity contribution in [3.63, 3.8) is 0 Å². The summed E-state index contributed by atoms with van der Waals surface area (Å²) < 4.78 is 60.9. The SMILES string of the molecule is CCCCCCCCCC(O)C(F)(F)C(F)(F)F. The Morgan fingerprint density at radius 3 is 1.72 bits per heavy atom. The molecule has 0 aromatic carbocycles.